The summed E-state index contributed by atoms with van der Waals surface area (Å²) < 4.78 is 5.45. The predicted octanol–water partition coefficient (Wildman–Crippen LogP) is 1.63. The highest BCUT2D eigenvalue weighted by Crippen LogP contribution is 2.29. The van der Waals surface area contributed by atoms with Crippen LogP contribution in [0.15, 0.2) is 52.2 Å². The summed E-state index contributed by atoms with van der Waals surface area (Å²) in [6, 6.07) is 9.73. The topological polar surface area (TPSA) is 104 Å². The van der Waals surface area contributed by atoms with Gasteiger partial charge in [0.2, 0.25) is 5.96 Å². The SMILES string of the molecule is COc1ccccc1CC1(N)C=C2N=CCN2C(Nc2cc(C)[nH]n2)=N1. The molecule has 0 saturated heterocycles. The van der Waals surface area contributed by atoms with Gasteiger partial charge in [0.25, 0.3) is 0 Å². The Morgan fingerprint density at radius 2 is 2.23 bits per heavy atom. The van der Waals surface area contributed by atoms with Crippen molar-refractivity contribution in [3.63, 3.8) is 0 Å². The molecule has 8 nitrogen and oxygen atoms in total. The quantitative estimate of drug-likeness (QED) is 0.777. The van der Waals surface area contributed by atoms with Gasteiger partial charge in [-0.2, -0.15) is 5.10 Å². The zero-order valence-corrected chi connectivity index (χ0v) is 14.7. The third-order valence-electron chi connectivity index (χ3n) is 4.33. The summed E-state index contributed by atoms with van der Waals surface area (Å²) in [5.41, 5.74) is 7.65. The van der Waals surface area contributed by atoms with E-state index in [1.54, 1.807) is 7.11 Å². The second kappa shape index (κ2) is 6.30. The van der Waals surface area contributed by atoms with Crippen LogP contribution >= 0.6 is 0 Å². The van der Waals surface area contributed by atoms with Gasteiger partial charge in [0.05, 0.1) is 13.7 Å². The maximum absolute atomic E-state index is 6.63. The smallest absolute Gasteiger partial charge is 0.208 e. The maximum atomic E-state index is 6.63. The largest absolute Gasteiger partial charge is 0.496 e. The van der Waals surface area contributed by atoms with E-state index in [0.29, 0.717) is 24.7 Å². The average molecular weight is 351 g/mol. The van der Waals surface area contributed by atoms with E-state index in [-0.39, 0.29) is 0 Å². The summed E-state index contributed by atoms with van der Waals surface area (Å²) in [7, 11) is 1.65. The first kappa shape index (κ1) is 16.3. The Balaban J connectivity index is 1.67. The second-order valence-corrected chi connectivity index (χ2v) is 6.40. The van der Waals surface area contributed by atoms with Crippen LogP contribution < -0.4 is 15.8 Å². The van der Waals surface area contributed by atoms with Crippen molar-refractivity contribution in [2.24, 2.45) is 15.7 Å². The number of aliphatic imine (C=N–C) groups is 2. The lowest BCUT2D eigenvalue weighted by Gasteiger charge is -2.33. The molecule has 0 amide bonds. The van der Waals surface area contributed by atoms with Gasteiger partial charge in [-0.1, -0.05) is 18.2 Å². The van der Waals surface area contributed by atoms with Crippen molar-refractivity contribution in [2.45, 2.75) is 19.0 Å². The van der Waals surface area contributed by atoms with Crippen molar-refractivity contribution in [1.82, 2.24) is 15.1 Å². The highest BCUT2D eigenvalue weighted by atomic mass is 16.5. The molecule has 4 rings (SSSR count). The van der Waals surface area contributed by atoms with E-state index in [1.165, 1.54) is 0 Å². The number of anilines is 1. The van der Waals surface area contributed by atoms with E-state index in [2.05, 4.69) is 20.5 Å². The summed E-state index contributed by atoms with van der Waals surface area (Å²) in [5, 5.41) is 10.4. The fraction of sp³-hybridized carbons (Fsp3) is 0.278. The standard InChI is InChI=1S/C18H21N7O/c1-12-9-15(24-23-12)21-17-22-18(19,11-16-20-7-8-25(16)17)10-13-5-3-4-6-14(13)26-2/h3-7,9,11H,8,10,19H2,1-2H3,(H2,21,22,23,24). The molecule has 134 valence electrons. The minimum absolute atomic E-state index is 0.495. The summed E-state index contributed by atoms with van der Waals surface area (Å²) >= 11 is 0. The van der Waals surface area contributed by atoms with E-state index in [0.717, 1.165) is 22.8 Å². The number of methoxy groups -OCH3 is 1. The Morgan fingerprint density at radius 3 is 3.00 bits per heavy atom. The van der Waals surface area contributed by atoms with Crippen LogP contribution in [0.2, 0.25) is 0 Å². The number of aryl methyl sites for hydroxylation is 1. The van der Waals surface area contributed by atoms with Crippen LogP contribution in [0.5, 0.6) is 5.75 Å². The number of benzene rings is 1. The number of nitrogens with one attached hydrogen (secondary N) is 2. The van der Waals surface area contributed by atoms with E-state index in [4.69, 9.17) is 15.5 Å². The number of hydrogen-bond donors (Lipinski definition) is 3. The number of rotatable bonds is 4. The maximum Gasteiger partial charge on any atom is 0.208 e. The molecule has 1 unspecified atom stereocenters. The van der Waals surface area contributed by atoms with Crippen molar-refractivity contribution in [1.29, 1.82) is 0 Å². The van der Waals surface area contributed by atoms with Crippen molar-refractivity contribution in [2.75, 3.05) is 19.0 Å². The predicted molar refractivity (Wildman–Crippen MR) is 101 cm³/mol. The Bertz CT molecular complexity index is 914. The normalized spacial score (nSPS) is 21.3. The number of guanidine groups is 1. The van der Waals surface area contributed by atoms with Gasteiger partial charge in [0.1, 0.15) is 17.2 Å². The minimum atomic E-state index is -0.935. The number of aromatic nitrogens is 2. The van der Waals surface area contributed by atoms with Crippen molar-refractivity contribution < 1.29 is 4.74 Å². The van der Waals surface area contributed by atoms with E-state index >= 15 is 0 Å². The first-order chi connectivity index (χ1) is 12.6. The Hall–Kier alpha value is -3.13. The molecule has 2 aromatic rings. The van der Waals surface area contributed by atoms with Crippen LogP contribution in [0.3, 0.4) is 0 Å². The van der Waals surface area contributed by atoms with Gasteiger partial charge in [-0.15, -0.1) is 0 Å². The fourth-order valence-electron chi connectivity index (χ4n) is 3.14. The number of nitrogens with two attached hydrogens (primary N) is 1. The highest BCUT2D eigenvalue weighted by molar-refractivity contribution is 5.97. The zero-order valence-electron chi connectivity index (χ0n) is 14.7. The molecule has 2 aliphatic heterocycles. The molecular weight excluding hydrogens is 330 g/mol. The highest BCUT2D eigenvalue weighted by Gasteiger charge is 2.34. The van der Waals surface area contributed by atoms with Crippen LogP contribution in [0.1, 0.15) is 11.3 Å². The fourth-order valence-corrected chi connectivity index (χ4v) is 3.14. The van der Waals surface area contributed by atoms with Gasteiger partial charge in [-0.05, 0) is 18.6 Å². The molecule has 2 aliphatic rings. The molecule has 0 bridgehead atoms. The molecule has 0 fully saturated rings. The summed E-state index contributed by atoms with van der Waals surface area (Å²) in [6.07, 6.45) is 4.23. The number of H-pyrrole nitrogens is 1. The monoisotopic (exact) mass is 351 g/mol. The molecule has 8 heteroatoms. The lowest BCUT2D eigenvalue weighted by atomic mass is 9.98. The van der Waals surface area contributed by atoms with E-state index in [9.17, 15) is 0 Å². The van der Waals surface area contributed by atoms with Crippen LogP contribution in [0, 0.1) is 6.92 Å². The van der Waals surface area contributed by atoms with Crippen molar-refractivity contribution in [3.8, 4) is 5.75 Å². The average Bonchev–Trinajstić information content (AvgIpc) is 3.23. The molecular formula is C18H21N7O. The third kappa shape index (κ3) is 3.06. The Labute approximate surface area is 151 Å². The van der Waals surface area contributed by atoms with Crippen LogP contribution in [-0.2, 0) is 6.42 Å². The van der Waals surface area contributed by atoms with Crippen molar-refractivity contribution in [3.05, 3.63) is 53.5 Å². The van der Waals surface area contributed by atoms with Gasteiger partial charge >= 0.3 is 0 Å². The number of fused-ring (bicyclic) bond motifs is 1. The number of aromatic amines is 1. The first-order valence-corrected chi connectivity index (χ1v) is 8.39. The second-order valence-electron chi connectivity index (χ2n) is 6.40. The first-order valence-electron chi connectivity index (χ1n) is 8.39. The Kier molecular flexibility index (Phi) is 3.96. The molecule has 1 aromatic heterocycles. The summed E-state index contributed by atoms with van der Waals surface area (Å²) in [4.78, 5) is 11.2. The van der Waals surface area contributed by atoms with Gasteiger partial charge in [0, 0.05) is 30.5 Å². The molecule has 0 spiro atoms. The Morgan fingerprint density at radius 1 is 1.38 bits per heavy atom. The minimum Gasteiger partial charge on any atom is -0.496 e. The lowest BCUT2D eigenvalue weighted by molar-refractivity contribution is 0.402. The van der Waals surface area contributed by atoms with Crippen LogP contribution in [0.25, 0.3) is 0 Å². The van der Waals surface area contributed by atoms with E-state index in [1.807, 2.05) is 54.4 Å². The number of para-hydroxylation sites is 1. The van der Waals surface area contributed by atoms with Gasteiger partial charge in [-0.25, -0.2) is 9.98 Å². The molecule has 0 saturated carbocycles. The number of hydrogen-bond acceptors (Lipinski definition) is 7. The molecule has 0 aliphatic carbocycles. The number of ether oxygens (including phenoxy) is 1. The summed E-state index contributed by atoms with van der Waals surface area (Å²) in [6.45, 7) is 2.59. The van der Waals surface area contributed by atoms with Crippen molar-refractivity contribution >= 4 is 18.0 Å². The van der Waals surface area contributed by atoms with Gasteiger partial charge in [-0.3, -0.25) is 10.00 Å². The lowest BCUT2D eigenvalue weighted by Crippen LogP contribution is -2.48. The zero-order chi connectivity index (χ0) is 18.1. The van der Waals surface area contributed by atoms with E-state index < -0.39 is 5.66 Å². The van der Waals surface area contributed by atoms with Crippen LogP contribution in [-0.4, -0.2) is 46.6 Å². The molecule has 4 N–H and O–H groups in total. The third-order valence-corrected chi connectivity index (χ3v) is 4.33. The molecule has 0 radical (unpaired) electrons. The molecule has 1 aromatic carbocycles. The molecule has 3 heterocycles. The summed E-state index contributed by atoms with van der Waals surface area (Å²) in [5.74, 6) is 2.89. The number of nitrogens with zero attached hydrogens (tertiary/aromatic N) is 4. The van der Waals surface area contributed by atoms with Crippen LogP contribution in [0.4, 0.5) is 5.82 Å². The van der Waals surface area contributed by atoms with Gasteiger partial charge < -0.3 is 15.8 Å². The molecule has 1 atom stereocenters. The van der Waals surface area contributed by atoms with Gasteiger partial charge in [0.15, 0.2) is 5.82 Å². The molecule has 26 heavy (non-hydrogen) atoms.